The van der Waals surface area contributed by atoms with E-state index in [1.165, 1.54) is 5.56 Å². The lowest BCUT2D eigenvalue weighted by Gasteiger charge is -2.11. The van der Waals surface area contributed by atoms with E-state index in [0.29, 0.717) is 12.2 Å². The highest BCUT2D eigenvalue weighted by Crippen LogP contribution is 2.20. The quantitative estimate of drug-likeness (QED) is 0.932. The van der Waals surface area contributed by atoms with Gasteiger partial charge in [0, 0.05) is 31.1 Å². The fourth-order valence-corrected chi connectivity index (χ4v) is 2.79. The zero-order valence-electron chi connectivity index (χ0n) is 12.0. The molecule has 1 aliphatic rings. The molecule has 0 bridgehead atoms. The van der Waals surface area contributed by atoms with Crippen LogP contribution in [0.1, 0.15) is 28.9 Å². The topological polar surface area (TPSA) is 43.3 Å². The second-order valence-corrected chi connectivity index (χ2v) is 5.50. The molecule has 1 aromatic carbocycles. The molecule has 1 aliphatic heterocycles. The van der Waals surface area contributed by atoms with Crippen LogP contribution >= 0.6 is 0 Å². The summed E-state index contributed by atoms with van der Waals surface area (Å²) < 4.78 is 7.47. The van der Waals surface area contributed by atoms with Gasteiger partial charge in [-0.3, -0.25) is 4.79 Å². The van der Waals surface area contributed by atoms with Crippen molar-refractivity contribution in [1.29, 1.82) is 0 Å². The molecule has 0 radical (unpaired) electrons. The minimum Gasteiger partial charge on any atom is -0.376 e. The average Bonchev–Trinajstić information content (AvgIpc) is 3.04. The number of hydrogen-bond acceptors (Lipinski definition) is 2. The third-order valence-corrected chi connectivity index (χ3v) is 3.94. The van der Waals surface area contributed by atoms with Gasteiger partial charge in [-0.15, -0.1) is 0 Å². The van der Waals surface area contributed by atoms with Crippen LogP contribution in [-0.4, -0.2) is 29.7 Å². The van der Waals surface area contributed by atoms with Crippen molar-refractivity contribution >= 4 is 16.8 Å². The van der Waals surface area contributed by atoms with E-state index in [0.717, 1.165) is 30.4 Å². The summed E-state index contributed by atoms with van der Waals surface area (Å²) in [5.74, 6) is -0.0307. The highest BCUT2D eigenvalue weighted by atomic mass is 16.5. The van der Waals surface area contributed by atoms with Crippen LogP contribution in [0.15, 0.2) is 24.3 Å². The predicted octanol–water partition coefficient (Wildman–Crippen LogP) is 2.40. The Morgan fingerprint density at radius 3 is 3.05 bits per heavy atom. The monoisotopic (exact) mass is 272 g/mol. The summed E-state index contributed by atoms with van der Waals surface area (Å²) in [6.07, 6.45) is 2.30. The Bertz CT molecular complexity index is 639. The number of carbonyl (C=O) groups excluding carboxylic acids is 1. The van der Waals surface area contributed by atoms with Gasteiger partial charge < -0.3 is 14.6 Å². The number of amides is 1. The van der Waals surface area contributed by atoms with Crippen LogP contribution in [-0.2, 0) is 11.8 Å². The summed E-state index contributed by atoms with van der Waals surface area (Å²) in [5, 5.41) is 4.08. The van der Waals surface area contributed by atoms with Crippen LogP contribution in [0.4, 0.5) is 0 Å². The second-order valence-electron chi connectivity index (χ2n) is 5.50. The molecule has 0 aliphatic carbocycles. The molecule has 1 aromatic heterocycles. The number of ether oxygens (including phenoxy) is 1. The normalized spacial score (nSPS) is 18.6. The Hall–Kier alpha value is -1.81. The lowest BCUT2D eigenvalue weighted by Crippen LogP contribution is -2.32. The maximum Gasteiger partial charge on any atom is 0.268 e. The summed E-state index contributed by atoms with van der Waals surface area (Å²) in [7, 11) is 1.93. The highest BCUT2D eigenvalue weighted by molar-refractivity contribution is 5.98. The maximum atomic E-state index is 12.3. The lowest BCUT2D eigenvalue weighted by atomic mass is 10.2. The smallest absolute Gasteiger partial charge is 0.268 e. The molecule has 4 heteroatoms. The van der Waals surface area contributed by atoms with Crippen molar-refractivity contribution in [3.63, 3.8) is 0 Å². The molecule has 106 valence electrons. The molecule has 0 unspecified atom stereocenters. The number of benzene rings is 1. The van der Waals surface area contributed by atoms with Gasteiger partial charge in [0.1, 0.15) is 5.69 Å². The highest BCUT2D eigenvalue weighted by Gasteiger charge is 2.18. The van der Waals surface area contributed by atoms with E-state index in [2.05, 4.69) is 30.4 Å². The van der Waals surface area contributed by atoms with E-state index in [9.17, 15) is 4.79 Å². The Labute approximate surface area is 118 Å². The molecule has 2 aromatic rings. The van der Waals surface area contributed by atoms with Crippen LogP contribution in [0.3, 0.4) is 0 Å². The van der Waals surface area contributed by atoms with Gasteiger partial charge in [-0.25, -0.2) is 0 Å². The lowest BCUT2D eigenvalue weighted by molar-refractivity contribution is 0.0851. The molecule has 0 saturated carbocycles. The number of carbonyl (C=O) groups is 1. The molecule has 1 fully saturated rings. The van der Waals surface area contributed by atoms with Crippen molar-refractivity contribution in [2.75, 3.05) is 13.2 Å². The SMILES string of the molecule is Cc1ccc2c(c1)cc(C(=O)NC[C@H]1CCCO1)n2C. The number of aromatic nitrogens is 1. The van der Waals surface area contributed by atoms with Crippen molar-refractivity contribution < 1.29 is 9.53 Å². The fourth-order valence-electron chi connectivity index (χ4n) is 2.79. The molecule has 20 heavy (non-hydrogen) atoms. The van der Waals surface area contributed by atoms with Crippen molar-refractivity contribution in [3.8, 4) is 0 Å². The minimum absolute atomic E-state index is 0.0307. The summed E-state index contributed by atoms with van der Waals surface area (Å²) in [6.45, 7) is 3.47. The minimum atomic E-state index is -0.0307. The number of nitrogens with zero attached hydrogens (tertiary/aromatic N) is 1. The van der Waals surface area contributed by atoms with Gasteiger partial charge in [0.25, 0.3) is 5.91 Å². The van der Waals surface area contributed by atoms with Crippen molar-refractivity contribution in [3.05, 3.63) is 35.5 Å². The first-order chi connectivity index (χ1) is 9.65. The Balaban J connectivity index is 1.78. The first kappa shape index (κ1) is 13.2. The number of fused-ring (bicyclic) bond motifs is 1. The number of rotatable bonds is 3. The molecule has 1 atom stereocenters. The van der Waals surface area contributed by atoms with Crippen molar-refractivity contribution in [2.45, 2.75) is 25.9 Å². The number of nitrogens with one attached hydrogen (secondary N) is 1. The second kappa shape index (κ2) is 5.29. The number of hydrogen-bond donors (Lipinski definition) is 1. The van der Waals surface area contributed by atoms with Gasteiger partial charge in [-0.2, -0.15) is 0 Å². The maximum absolute atomic E-state index is 12.3. The van der Waals surface area contributed by atoms with Crippen LogP contribution in [0, 0.1) is 6.92 Å². The molecular formula is C16H20N2O2. The van der Waals surface area contributed by atoms with E-state index >= 15 is 0 Å². The Kier molecular flexibility index (Phi) is 3.49. The van der Waals surface area contributed by atoms with E-state index in [1.54, 1.807) is 0 Å². The molecule has 1 amide bonds. The molecule has 1 saturated heterocycles. The first-order valence-electron chi connectivity index (χ1n) is 7.11. The van der Waals surface area contributed by atoms with E-state index in [4.69, 9.17) is 4.74 Å². The zero-order chi connectivity index (χ0) is 14.1. The van der Waals surface area contributed by atoms with Crippen LogP contribution < -0.4 is 5.32 Å². The van der Waals surface area contributed by atoms with E-state index in [1.807, 2.05) is 17.7 Å². The predicted molar refractivity (Wildman–Crippen MR) is 79.0 cm³/mol. The number of aryl methyl sites for hydroxylation is 2. The van der Waals surface area contributed by atoms with Gasteiger partial charge in [0.2, 0.25) is 0 Å². The van der Waals surface area contributed by atoms with E-state index in [-0.39, 0.29) is 12.0 Å². The van der Waals surface area contributed by atoms with Gasteiger partial charge in [-0.05, 0) is 38.0 Å². The third kappa shape index (κ3) is 2.43. The molecule has 2 heterocycles. The molecule has 0 spiro atoms. The van der Waals surface area contributed by atoms with Gasteiger partial charge in [-0.1, -0.05) is 11.6 Å². The molecule has 3 rings (SSSR count). The van der Waals surface area contributed by atoms with Crippen molar-refractivity contribution in [1.82, 2.24) is 9.88 Å². The summed E-state index contributed by atoms with van der Waals surface area (Å²) in [4.78, 5) is 12.3. The van der Waals surface area contributed by atoms with Crippen LogP contribution in [0.2, 0.25) is 0 Å². The summed E-state index contributed by atoms with van der Waals surface area (Å²) in [6, 6.07) is 8.18. The summed E-state index contributed by atoms with van der Waals surface area (Å²) in [5.41, 5.74) is 2.98. The van der Waals surface area contributed by atoms with Gasteiger partial charge >= 0.3 is 0 Å². The molecular weight excluding hydrogens is 252 g/mol. The van der Waals surface area contributed by atoms with E-state index < -0.39 is 0 Å². The first-order valence-corrected chi connectivity index (χ1v) is 7.11. The van der Waals surface area contributed by atoms with Gasteiger partial charge in [0.05, 0.1) is 6.10 Å². The summed E-state index contributed by atoms with van der Waals surface area (Å²) >= 11 is 0. The third-order valence-electron chi connectivity index (χ3n) is 3.94. The fraction of sp³-hybridized carbons (Fsp3) is 0.438. The standard InChI is InChI=1S/C16H20N2O2/c1-11-5-6-14-12(8-11)9-15(18(14)2)16(19)17-10-13-4-3-7-20-13/h5-6,8-9,13H,3-4,7,10H2,1-2H3,(H,17,19)/t13-/m1/s1. The Morgan fingerprint density at radius 1 is 1.45 bits per heavy atom. The largest absolute Gasteiger partial charge is 0.376 e. The van der Waals surface area contributed by atoms with Crippen LogP contribution in [0.25, 0.3) is 10.9 Å². The van der Waals surface area contributed by atoms with Gasteiger partial charge in [0.15, 0.2) is 0 Å². The van der Waals surface area contributed by atoms with Crippen LogP contribution in [0.5, 0.6) is 0 Å². The Morgan fingerprint density at radius 2 is 2.30 bits per heavy atom. The average molecular weight is 272 g/mol. The zero-order valence-corrected chi connectivity index (χ0v) is 12.0. The molecule has 1 N–H and O–H groups in total. The van der Waals surface area contributed by atoms with Crippen molar-refractivity contribution in [2.24, 2.45) is 7.05 Å². The molecule has 4 nitrogen and oxygen atoms in total.